The first-order valence-electron chi connectivity index (χ1n) is 12.4. The first kappa shape index (κ1) is 22.4. The number of carbonyl (C=O) groups excluding carboxylic acids is 1. The van der Waals surface area contributed by atoms with Gasteiger partial charge in [0.1, 0.15) is 17.1 Å². The molecule has 0 bridgehead atoms. The molecule has 2 aliphatic carbocycles. The number of ether oxygens (including phenoxy) is 1. The van der Waals surface area contributed by atoms with Crippen molar-refractivity contribution in [2.75, 3.05) is 0 Å². The lowest BCUT2D eigenvalue weighted by atomic mass is 9.66. The summed E-state index contributed by atoms with van der Waals surface area (Å²) in [6.07, 6.45) is 11.5. The molecule has 2 atom stereocenters. The Balaban J connectivity index is 1.65. The van der Waals surface area contributed by atoms with Crippen LogP contribution in [0.4, 0.5) is 0 Å². The average Bonchev–Trinajstić information content (AvgIpc) is 3.19. The molecular formula is C28H40O3. The number of ketones is 1. The summed E-state index contributed by atoms with van der Waals surface area (Å²) in [7, 11) is 0. The largest absolute Gasteiger partial charge is 0.508 e. The quantitative estimate of drug-likeness (QED) is 0.525. The summed E-state index contributed by atoms with van der Waals surface area (Å²) in [5, 5.41) is 11.1. The molecule has 0 amide bonds. The fourth-order valence-corrected chi connectivity index (χ4v) is 6.39. The second kappa shape index (κ2) is 8.30. The van der Waals surface area contributed by atoms with Crippen LogP contribution in [0.2, 0.25) is 0 Å². The Morgan fingerprint density at radius 2 is 1.94 bits per heavy atom. The molecule has 0 saturated heterocycles. The standard InChI is InChI=1S/C28H40O3/c1-6-13-27(2,3)20-16-24(30)26-21-15-19(23(29)14-18-9-7-8-10-18)11-12-22(21)28(4,5)31-25(26)17-20/h11,16-18,21-22,30H,6-10,12-15H2,1-5H3/t21-,22-/m1/s1. The Labute approximate surface area is 188 Å². The van der Waals surface area contributed by atoms with E-state index in [1.165, 1.54) is 25.7 Å². The van der Waals surface area contributed by atoms with Gasteiger partial charge in [-0.3, -0.25) is 4.79 Å². The van der Waals surface area contributed by atoms with Gasteiger partial charge in [-0.1, -0.05) is 59.0 Å². The molecule has 1 aromatic carbocycles. The van der Waals surface area contributed by atoms with Gasteiger partial charge in [-0.2, -0.15) is 0 Å². The van der Waals surface area contributed by atoms with Gasteiger partial charge in [0.15, 0.2) is 5.78 Å². The zero-order chi connectivity index (χ0) is 22.4. The number of allylic oxidation sites excluding steroid dienone is 2. The van der Waals surface area contributed by atoms with E-state index in [4.69, 9.17) is 4.74 Å². The number of phenolic OH excluding ortho intramolecular Hbond substituents is 1. The number of aromatic hydroxyl groups is 1. The summed E-state index contributed by atoms with van der Waals surface area (Å²) < 4.78 is 6.51. The molecule has 1 aromatic rings. The van der Waals surface area contributed by atoms with Crippen molar-refractivity contribution in [1.82, 2.24) is 0 Å². The maximum absolute atomic E-state index is 13.1. The zero-order valence-corrected chi connectivity index (χ0v) is 20.1. The molecular weight excluding hydrogens is 384 g/mol. The Kier molecular flexibility index (Phi) is 6.00. The van der Waals surface area contributed by atoms with Crippen LogP contribution in [0.3, 0.4) is 0 Å². The summed E-state index contributed by atoms with van der Waals surface area (Å²) in [6.45, 7) is 11.0. The summed E-state index contributed by atoms with van der Waals surface area (Å²) in [4.78, 5) is 13.1. The molecule has 0 aromatic heterocycles. The maximum atomic E-state index is 13.1. The van der Waals surface area contributed by atoms with Crippen LogP contribution in [0.5, 0.6) is 11.5 Å². The van der Waals surface area contributed by atoms with E-state index in [1.807, 2.05) is 6.07 Å². The molecule has 170 valence electrons. The van der Waals surface area contributed by atoms with Gasteiger partial charge in [0, 0.05) is 23.8 Å². The van der Waals surface area contributed by atoms with Gasteiger partial charge in [-0.05, 0) is 67.7 Å². The third-order valence-electron chi connectivity index (χ3n) is 8.26. The molecule has 31 heavy (non-hydrogen) atoms. The first-order chi connectivity index (χ1) is 14.6. The highest BCUT2D eigenvalue weighted by atomic mass is 16.5. The zero-order valence-electron chi connectivity index (χ0n) is 20.1. The monoisotopic (exact) mass is 424 g/mol. The highest BCUT2D eigenvalue weighted by Gasteiger charge is 2.47. The number of hydrogen-bond donors (Lipinski definition) is 1. The molecule has 3 nitrogen and oxygen atoms in total. The van der Waals surface area contributed by atoms with Crippen molar-refractivity contribution in [2.24, 2.45) is 11.8 Å². The van der Waals surface area contributed by atoms with Crippen LogP contribution in [0.25, 0.3) is 0 Å². The lowest BCUT2D eigenvalue weighted by molar-refractivity contribution is -0.117. The SMILES string of the molecule is CCCC(C)(C)c1cc(O)c2c(c1)OC(C)(C)[C@@H]1CC=C(C(=O)CC3CCCC3)C[C@@H]21. The predicted octanol–water partition coefficient (Wildman–Crippen LogP) is 7.21. The number of Topliss-reactive ketones (excluding diaryl/α,β-unsaturated/α-hetero) is 1. The predicted molar refractivity (Wildman–Crippen MR) is 126 cm³/mol. The van der Waals surface area contributed by atoms with E-state index >= 15 is 0 Å². The summed E-state index contributed by atoms with van der Waals surface area (Å²) in [5.41, 5.74) is 2.68. The lowest BCUT2D eigenvalue weighted by Gasteiger charge is -2.47. The first-order valence-corrected chi connectivity index (χ1v) is 12.4. The Hall–Kier alpha value is -1.77. The topological polar surface area (TPSA) is 46.5 Å². The minimum absolute atomic E-state index is 0.0134. The van der Waals surface area contributed by atoms with Gasteiger partial charge >= 0.3 is 0 Å². The molecule has 1 N–H and O–H groups in total. The van der Waals surface area contributed by atoms with Crippen molar-refractivity contribution in [3.05, 3.63) is 34.9 Å². The van der Waals surface area contributed by atoms with Crippen molar-refractivity contribution in [2.45, 2.75) is 109 Å². The Morgan fingerprint density at radius 3 is 2.61 bits per heavy atom. The number of fused-ring (bicyclic) bond motifs is 3. The minimum Gasteiger partial charge on any atom is -0.508 e. The van der Waals surface area contributed by atoms with Crippen LogP contribution in [-0.2, 0) is 10.2 Å². The Morgan fingerprint density at radius 1 is 1.23 bits per heavy atom. The van der Waals surface area contributed by atoms with E-state index in [2.05, 4.69) is 46.8 Å². The third kappa shape index (κ3) is 4.30. The number of benzene rings is 1. The normalized spacial score (nSPS) is 25.4. The van der Waals surface area contributed by atoms with Crippen LogP contribution in [0.1, 0.15) is 109 Å². The van der Waals surface area contributed by atoms with Crippen LogP contribution in [-0.4, -0.2) is 16.5 Å². The number of carbonyl (C=O) groups is 1. The number of phenols is 1. The Bertz CT molecular complexity index is 870. The summed E-state index contributed by atoms with van der Waals surface area (Å²) in [5.74, 6) is 2.46. The van der Waals surface area contributed by atoms with Gasteiger partial charge in [0.05, 0.1) is 0 Å². The molecule has 1 heterocycles. The van der Waals surface area contributed by atoms with E-state index in [-0.39, 0.29) is 22.9 Å². The average molecular weight is 425 g/mol. The second-order valence-electron chi connectivity index (χ2n) is 11.4. The number of rotatable bonds is 6. The van der Waals surface area contributed by atoms with Gasteiger partial charge in [0.2, 0.25) is 0 Å². The maximum Gasteiger partial charge on any atom is 0.158 e. The molecule has 1 aliphatic heterocycles. The molecule has 1 saturated carbocycles. The van der Waals surface area contributed by atoms with Crippen molar-refractivity contribution in [3.8, 4) is 11.5 Å². The molecule has 0 unspecified atom stereocenters. The van der Waals surface area contributed by atoms with Crippen LogP contribution < -0.4 is 4.74 Å². The van der Waals surface area contributed by atoms with E-state index < -0.39 is 0 Å². The molecule has 4 rings (SSSR count). The molecule has 0 spiro atoms. The van der Waals surface area contributed by atoms with Crippen molar-refractivity contribution < 1.29 is 14.6 Å². The van der Waals surface area contributed by atoms with Crippen molar-refractivity contribution in [1.29, 1.82) is 0 Å². The minimum atomic E-state index is -0.325. The highest BCUT2D eigenvalue weighted by molar-refractivity contribution is 5.95. The fourth-order valence-electron chi connectivity index (χ4n) is 6.39. The third-order valence-corrected chi connectivity index (χ3v) is 8.26. The molecule has 0 radical (unpaired) electrons. The molecule has 1 fully saturated rings. The smallest absolute Gasteiger partial charge is 0.158 e. The number of hydrogen-bond acceptors (Lipinski definition) is 3. The van der Waals surface area contributed by atoms with E-state index in [0.29, 0.717) is 23.9 Å². The molecule has 3 heteroatoms. The lowest BCUT2D eigenvalue weighted by Crippen LogP contribution is -2.46. The summed E-state index contributed by atoms with van der Waals surface area (Å²) >= 11 is 0. The second-order valence-corrected chi connectivity index (χ2v) is 11.4. The van der Waals surface area contributed by atoms with Crippen LogP contribution in [0.15, 0.2) is 23.8 Å². The molecule has 3 aliphatic rings. The van der Waals surface area contributed by atoms with Gasteiger partial charge in [0.25, 0.3) is 0 Å². The van der Waals surface area contributed by atoms with Gasteiger partial charge < -0.3 is 9.84 Å². The van der Waals surface area contributed by atoms with Crippen molar-refractivity contribution in [3.63, 3.8) is 0 Å². The van der Waals surface area contributed by atoms with Crippen LogP contribution in [0, 0.1) is 11.8 Å². The van der Waals surface area contributed by atoms with E-state index in [9.17, 15) is 9.90 Å². The van der Waals surface area contributed by atoms with E-state index in [1.54, 1.807) is 0 Å². The summed E-state index contributed by atoms with van der Waals surface area (Å²) in [6, 6.07) is 4.10. The van der Waals surface area contributed by atoms with Crippen LogP contribution >= 0.6 is 0 Å². The van der Waals surface area contributed by atoms with Crippen molar-refractivity contribution >= 4 is 5.78 Å². The van der Waals surface area contributed by atoms with Gasteiger partial charge in [-0.15, -0.1) is 0 Å². The van der Waals surface area contributed by atoms with Gasteiger partial charge in [-0.25, -0.2) is 0 Å². The van der Waals surface area contributed by atoms with E-state index in [0.717, 1.165) is 48.1 Å². The highest BCUT2D eigenvalue weighted by Crippen LogP contribution is 2.55. The fraction of sp³-hybridized carbons (Fsp3) is 0.679.